The molecule has 1 heterocycles. The smallest absolute Gasteiger partial charge is 0.181 e. The van der Waals surface area contributed by atoms with Crippen molar-refractivity contribution in [1.29, 1.82) is 0 Å². The third-order valence-corrected chi connectivity index (χ3v) is 2.38. The van der Waals surface area contributed by atoms with E-state index in [1.54, 1.807) is 6.92 Å². The second-order valence-corrected chi connectivity index (χ2v) is 3.59. The first kappa shape index (κ1) is 11.4. The fourth-order valence-corrected chi connectivity index (χ4v) is 1.52. The van der Waals surface area contributed by atoms with Crippen LogP contribution in [0.15, 0.2) is 18.2 Å². The normalized spacial score (nSPS) is 10.6. The fourth-order valence-electron chi connectivity index (χ4n) is 1.52. The Morgan fingerprint density at radius 3 is 2.53 bits per heavy atom. The van der Waals surface area contributed by atoms with Gasteiger partial charge in [-0.25, -0.2) is 13.5 Å². The highest BCUT2D eigenvalue weighted by atomic mass is 19.2. The number of aromatic nitrogens is 3. The van der Waals surface area contributed by atoms with Crippen LogP contribution in [0.5, 0.6) is 0 Å². The Morgan fingerprint density at radius 1 is 1.29 bits per heavy atom. The Bertz CT molecular complexity index is 592. The fraction of sp³-hybridized carbons (Fsp3) is 0.182. The number of hydrogen-bond acceptors (Lipinski definition) is 3. The number of carbonyl (C=O) groups excluding carboxylic acids is 1. The van der Waals surface area contributed by atoms with Crippen LogP contribution in [0.25, 0.3) is 5.69 Å². The molecule has 6 heteroatoms. The maximum absolute atomic E-state index is 13.1. The van der Waals surface area contributed by atoms with Crippen LogP contribution in [-0.4, -0.2) is 20.8 Å². The number of ketones is 1. The number of Topliss-reactive ketones (excluding diaryl/α,β-unsaturated/α-hetero) is 1. The minimum absolute atomic E-state index is 0.217. The van der Waals surface area contributed by atoms with Crippen molar-refractivity contribution < 1.29 is 13.6 Å². The zero-order valence-electron chi connectivity index (χ0n) is 9.24. The molecule has 0 spiro atoms. The van der Waals surface area contributed by atoms with E-state index < -0.39 is 11.6 Å². The second kappa shape index (κ2) is 4.04. The first-order valence-corrected chi connectivity index (χ1v) is 4.89. The van der Waals surface area contributed by atoms with Gasteiger partial charge in [-0.05, 0) is 19.1 Å². The first-order chi connectivity index (χ1) is 8.00. The number of carbonyl (C=O) groups is 1. The molecule has 2 rings (SSSR count). The summed E-state index contributed by atoms with van der Waals surface area (Å²) in [6.07, 6.45) is 0. The first-order valence-electron chi connectivity index (χ1n) is 4.89. The summed E-state index contributed by atoms with van der Waals surface area (Å²) in [6.45, 7) is 3.00. The van der Waals surface area contributed by atoms with Gasteiger partial charge in [-0.3, -0.25) is 4.79 Å². The molecular weight excluding hydrogens is 228 g/mol. The molecule has 0 N–H and O–H groups in total. The Balaban J connectivity index is 2.53. The Kier molecular flexibility index (Phi) is 2.71. The van der Waals surface area contributed by atoms with Gasteiger partial charge in [0.1, 0.15) is 0 Å². The minimum atomic E-state index is -0.971. The topological polar surface area (TPSA) is 47.8 Å². The second-order valence-electron chi connectivity index (χ2n) is 3.59. The van der Waals surface area contributed by atoms with Gasteiger partial charge in [0.15, 0.2) is 23.1 Å². The lowest BCUT2D eigenvalue weighted by molar-refractivity contribution is 0.101. The molecule has 2 aromatic rings. The molecule has 0 atom stereocenters. The number of benzene rings is 1. The van der Waals surface area contributed by atoms with Crippen LogP contribution in [-0.2, 0) is 0 Å². The lowest BCUT2D eigenvalue weighted by Gasteiger charge is -2.03. The number of rotatable bonds is 2. The van der Waals surface area contributed by atoms with E-state index in [9.17, 15) is 13.6 Å². The van der Waals surface area contributed by atoms with Crippen molar-refractivity contribution in [2.24, 2.45) is 0 Å². The number of halogens is 2. The van der Waals surface area contributed by atoms with E-state index in [-0.39, 0.29) is 11.5 Å². The van der Waals surface area contributed by atoms with Crippen molar-refractivity contribution >= 4 is 5.78 Å². The third kappa shape index (κ3) is 1.93. The lowest BCUT2D eigenvalue weighted by Crippen LogP contribution is -2.02. The van der Waals surface area contributed by atoms with Crippen LogP contribution in [0.3, 0.4) is 0 Å². The van der Waals surface area contributed by atoms with Crippen molar-refractivity contribution in [3.8, 4) is 5.69 Å². The van der Waals surface area contributed by atoms with Gasteiger partial charge >= 0.3 is 0 Å². The average molecular weight is 237 g/mol. The van der Waals surface area contributed by atoms with Gasteiger partial charge < -0.3 is 0 Å². The highest BCUT2D eigenvalue weighted by molar-refractivity contribution is 5.93. The Labute approximate surface area is 95.9 Å². The molecule has 0 aliphatic rings. The van der Waals surface area contributed by atoms with Crippen molar-refractivity contribution in [3.63, 3.8) is 0 Å². The van der Waals surface area contributed by atoms with Gasteiger partial charge in [-0.15, -0.1) is 5.10 Å². The summed E-state index contributed by atoms with van der Waals surface area (Å²) in [5.41, 5.74) is 1.03. The van der Waals surface area contributed by atoms with Crippen molar-refractivity contribution in [3.05, 3.63) is 41.2 Å². The van der Waals surface area contributed by atoms with E-state index in [0.717, 1.165) is 12.1 Å². The Morgan fingerprint density at radius 2 is 2.00 bits per heavy atom. The van der Waals surface area contributed by atoms with Gasteiger partial charge in [-0.1, -0.05) is 5.21 Å². The van der Waals surface area contributed by atoms with E-state index in [2.05, 4.69) is 10.3 Å². The summed E-state index contributed by atoms with van der Waals surface area (Å²) < 4.78 is 27.1. The van der Waals surface area contributed by atoms with Gasteiger partial charge in [0, 0.05) is 13.0 Å². The number of nitrogens with zero attached hydrogens (tertiary/aromatic N) is 3. The van der Waals surface area contributed by atoms with Crippen LogP contribution in [0.1, 0.15) is 23.1 Å². The predicted octanol–water partition coefficient (Wildman–Crippen LogP) is 2.06. The zero-order valence-corrected chi connectivity index (χ0v) is 9.24. The standard InChI is InChI=1S/C11H9F2N3O/c1-6-11(7(2)17)14-15-16(6)8-3-4-9(12)10(13)5-8/h3-5H,1-2H3. The molecule has 0 saturated heterocycles. The van der Waals surface area contributed by atoms with Crippen molar-refractivity contribution in [2.45, 2.75) is 13.8 Å². The molecule has 0 fully saturated rings. The van der Waals surface area contributed by atoms with Gasteiger partial charge in [0.25, 0.3) is 0 Å². The zero-order chi connectivity index (χ0) is 12.6. The van der Waals surface area contributed by atoms with Gasteiger partial charge in [0.05, 0.1) is 11.4 Å². The molecule has 1 aromatic carbocycles. The van der Waals surface area contributed by atoms with Crippen LogP contribution >= 0.6 is 0 Å². The van der Waals surface area contributed by atoms with E-state index in [1.807, 2.05) is 0 Å². The monoisotopic (exact) mass is 237 g/mol. The summed E-state index contributed by atoms with van der Waals surface area (Å²) in [5, 5.41) is 7.43. The van der Waals surface area contributed by atoms with Crippen molar-refractivity contribution in [1.82, 2.24) is 15.0 Å². The highest BCUT2D eigenvalue weighted by Gasteiger charge is 2.14. The quantitative estimate of drug-likeness (QED) is 0.751. The molecule has 4 nitrogen and oxygen atoms in total. The summed E-state index contributed by atoms with van der Waals surface area (Å²) in [4.78, 5) is 11.2. The molecule has 0 unspecified atom stereocenters. The van der Waals surface area contributed by atoms with Crippen LogP contribution in [0.2, 0.25) is 0 Å². The highest BCUT2D eigenvalue weighted by Crippen LogP contribution is 2.15. The summed E-state index contributed by atoms with van der Waals surface area (Å²) in [6, 6.07) is 3.37. The van der Waals surface area contributed by atoms with E-state index in [1.165, 1.54) is 17.7 Å². The summed E-state index contributed by atoms with van der Waals surface area (Å²) >= 11 is 0. The minimum Gasteiger partial charge on any atom is -0.293 e. The van der Waals surface area contributed by atoms with Crippen LogP contribution in [0, 0.1) is 18.6 Å². The maximum Gasteiger partial charge on any atom is 0.181 e. The third-order valence-electron chi connectivity index (χ3n) is 2.38. The largest absolute Gasteiger partial charge is 0.293 e. The van der Waals surface area contributed by atoms with Crippen LogP contribution < -0.4 is 0 Å². The molecule has 0 saturated carbocycles. The van der Waals surface area contributed by atoms with Gasteiger partial charge in [0.2, 0.25) is 0 Å². The molecular formula is C11H9F2N3O. The molecule has 0 aliphatic carbocycles. The van der Waals surface area contributed by atoms with Crippen molar-refractivity contribution in [2.75, 3.05) is 0 Å². The Hall–Kier alpha value is -2.11. The maximum atomic E-state index is 13.1. The molecule has 0 bridgehead atoms. The summed E-state index contributed by atoms with van der Waals surface area (Å²) in [7, 11) is 0. The molecule has 88 valence electrons. The molecule has 0 aliphatic heterocycles. The molecule has 0 amide bonds. The SMILES string of the molecule is CC(=O)c1nnn(-c2ccc(F)c(F)c2)c1C. The average Bonchev–Trinajstić information content (AvgIpc) is 2.64. The van der Waals surface area contributed by atoms with Gasteiger partial charge in [-0.2, -0.15) is 0 Å². The van der Waals surface area contributed by atoms with Crippen LogP contribution in [0.4, 0.5) is 8.78 Å². The van der Waals surface area contributed by atoms with E-state index in [4.69, 9.17) is 0 Å². The van der Waals surface area contributed by atoms with E-state index in [0.29, 0.717) is 11.4 Å². The predicted molar refractivity (Wildman–Crippen MR) is 56.0 cm³/mol. The number of hydrogen-bond donors (Lipinski definition) is 0. The molecule has 0 radical (unpaired) electrons. The summed E-state index contributed by atoms with van der Waals surface area (Å²) in [5.74, 6) is -2.13. The lowest BCUT2D eigenvalue weighted by atomic mass is 10.2. The molecule has 17 heavy (non-hydrogen) atoms. The molecule has 1 aromatic heterocycles. The van der Waals surface area contributed by atoms with E-state index >= 15 is 0 Å².